The third-order valence-electron chi connectivity index (χ3n) is 4.95. The number of thiophene rings is 1. The molecular weight excluding hydrogens is 414 g/mol. The first-order valence-electron chi connectivity index (χ1n) is 9.49. The summed E-state index contributed by atoms with van der Waals surface area (Å²) in [4.78, 5) is 22.5. The summed E-state index contributed by atoms with van der Waals surface area (Å²) in [6, 6.07) is 12.9. The fourth-order valence-electron chi connectivity index (χ4n) is 3.07. The van der Waals surface area contributed by atoms with Crippen molar-refractivity contribution in [2.24, 2.45) is 0 Å². The molecule has 0 aliphatic carbocycles. The summed E-state index contributed by atoms with van der Waals surface area (Å²) in [7, 11) is 0. The smallest absolute Gasteiger partial charge is 0.237 e. The van der Waals surface area contributed by atoms with Gasteiger partial charge in [0.1, 0.15) is 21.9 Å². The number of aromatic nitrogens is 2. The van der Waals surface area contributed by atoms with Crippen molar-refractivity contribution in [1.82, 2.24) is 9.97 Å². The molecule has 30 heavy (non-hydrogen) atoms. The molecule has 1 unspecified atom stereocenters. The van der Waals surface area contributed by atoms with Crippen LogP contribution in [0.5, 0.6) is 5.75 Å². The van der Waals surface area contributed by atoms with Crippen molar-refractivity contribution >= 4 is 44.9 Å². The molecule has 0 radical (unpaired) electrons. The number of anilines is 1. The lowest BCUT2D eigenvalue weighted by molar-refractivity contribution is -0.115. The van der Waals surface area contributed by atoms with Crippen LogP contribution in [0.2, 0.25) is 0 Å². The van der Waals surface area contributed by atoms with E-state index in [2.05, 4.69) is 52.7 Å². The molecule has 0 bridgehead atoms. The van der Waals surface area contributed by atoms with Crippen molar-refractivity contribution in [3.05, 3.63) is 65.3 Å². The van der Waals surface area contributed by atoms with Crippen LogP contribution in [0.25, 0.3) is 21.3 Å². The average molecular weight is 436 g/mol. The first-order valence-corrected chi connectivity index (χ1v) is 11.2. The van der Waals surface area contributed by atoms with Crippen LogP contribution in [0.1, 0.15) is 18.1 Å². The first-order chi connectivity index (χ1) is 14.4. The highest BCUT2D eigenvalue weighted by Crippen LogP contribution is 2.39. The van der Waals surface area contributed by atoms with E-state index in [1.54, 1.807) is 41.9 Å². The van der Waals surface area contributed by atoms with Gasteiger partial charge in [-0.15, -0.1) is 11.3 Å². The molecule has 2 heterocycles. The molecule has 0 aliphatic heterocycles. The normalized spacial score (nSPS) is 12.1. The second kappa shape index (κ2) is 8.45. The molecule has 0 aliphatic rings. The Morgan fingerprint density at radius 3 is 2.60 bits per heavy atom. The predicted molar refractivity (Wildman–Crippen MR) is 124 cm³/mol. The van der Waals surface area contributed by atoms with E-state index in [9.17, 15) is 9.90 Å². The zero-order chi connectivity index (χ0) is 21.3. The number of hydrogen-bond donors (Lipinski definition) is 2. The van der Waals surface area contributed by atoms with Crippen molar-refractivity contribution in [3.63, 3.8) is 0 Å². The van der Waals surface area contributed by atoms with Crippen LogP contribution in [-0.4, -0.2) is 26.2 Å². The van der Waals surface area contributed by atoms with Gasteiger partial charge in [-0.2, -0.15) is 0 Å². The molecule has 4 rings (SSSR count). The van der Waals surface area contributed by atoms with Crippen LogP contribution >= 0.6 is 23.1 Å². The number of benzene rings is 2. The fourth-order valence-corrected chi connectivity index (χ4v) is 4.98. The monoisotopic (exact) mass is 435 g/mol. The van der Waals surface area contributed by atoms with E-state index < -0.39 is 0 Å². The van der Waals surface area contributed by atoms with Gasteiger partial charge < -0.3 is 10.4 Å². The molecule has 4 aromatic rings. The summed E-state index contributed by atoms with van der Waals surface area (Å²) in [5.74, 6) is 0.0375. The number of carbonyl (C=O) groups is 1. The fraction of sp³-hybridized carbons (Fsp3) is 0.174. The number of phenolic OH excluding ortho intramolecular Hbond substituents is 1. The summed E-state index contributed by atoms with van der Waals surface area (Å²) in [6.45, 7) is 6.06. The van der Waals surface area contributed by atoms with Crippen molar-refractivity contribution in [3.8, 4) is 16.9 Å². The molecule has 2 aromatic carbocycles. The average Bonchev–Trinajstić information content (AvgIpc) is 3.17. The Labute approximate surface area is 183 Å². The maximum atomic E-state index is 12.7. The third kappa shape index (κ3) is 4.17. The molecule has 1 amide bonds. The number of thioether (sulfide) groups is 1. The van der Waals surface area contributed by atoms with E-state index in [1.165, 1.54) is 22.9 Å². The molecule has 7 heteroatoms. The molecule has 152 valence electrons. The highest BCUT2D eigenvalue weighted by Gasteiger charge is 2.20. The maximum Gasteiger partial charge on any atom is 0.237 e. The van der Waals surface area contributed by atoms with Crippen LogP contribution in [0.3, 0.4) is 0 Å². The molecule has 0 saturated heterocycles. The van der Waals surface area contributed by atoms with Gasteiger partial charge in [0.25, 0.3) is 0 Å². The molecule has 0 saturated carbocycles. The molecule has 0 spiro atoms. The third-order valence-corrected chi connectivity index (χ3v) is 6.93. The van der Waals surface area contributed by atoms with E-state index in [-0.39, 0.29) is 16.9 Å². The largest absolute Gasteiger partial charge is 0.508 e. The molecule has 0 fully saturated rings. The van der Waals surface area contributed by atoms with E-state index in [0.29, 0.717) is 5.69 Å². The van der Waals surface area contributed by atoms with E-state index in [0.717, 1.165) is 26.4 Å². The zero-order valence-corrected chi connectivity index (χ0v) is 18.5. The van der Waals surface area contributed by atoms with Crippen LogP contribution in [-0.2, 0) is 4.79 Å². The van der Waals surface area contributed by atoms with Crippen LogP contribution in [0.15, 0.2) is 59.2 Å². The van der Waals surface area contributed by atoms with Crippen LogP contribution in [0.4, 0.5) is 5.69 Å². The van der Waals surface area contributed by atoms with Gasteiger partial charge in [-0.1, -0.05) is 30.0 Å². The Balaban J connectivity index is 1.62. The molecule has 2 aromatic heterocycles. The number of amides is 1. The number of hydrogen-bond acceptors (Lipinski definition) is 6. The Bertz CT molecular complexity index is 1220. The topological polar surface area (TPSA) is 75.1 Å². The summed E-state index contributed by atoms with van der Waals surface area (Å²) in [5.41, 5.74) is 5.35. The highest BCUT2D eigenvalue weighted by molar-refractivity contribution is 8.00. The molecular formula is C23H21N3O2S2. The van der Waals surface area contributed by atoms with E-state index >= 15 is 0 Å². The quantitative estimate of drug-likeness (QED) is 0.235. The van der Waals surface area contributed by atoms with Crippen molar-refractivity contribution in [2.75, 3.05) is 5.32 Å². The summed E-state index contributed by atoms with van der Waals surface area (Å²) < 4.78 is 0. The van der Waals surface area contributed by atoms with Gasteiger partial charge in [-0.25, -0.2) is 9.97 Å². The second-order valence-electron chi connectivity index (χ2n) is 7.10. The van der Waals surface area contributed by atoms with Gasteiger partial charge in [-0.05, 0) is 61.7 Å². The zero-order valence-electron chi connectivity index (χ0n) is 16.8. The molecule has 2 N–H and O–H groups in total. The maximum absolute atomic E-state index is 12.7. The van der Waals surface area contributed by atoms with Crippen LogP contribution < -0.4 is 5.32 Å². The Morgan fingerprint density at radius 2 is 1.87 bits per heavy atom. The van der Waals surface area contributed by atoms with Gasteiger partial charge >= 0.3 is 0 Å². The Kier molecular flexibility index (Phi) is 5.74. The van der Waals surface area contributed by atoms with Gasteiger partial charge in [0.05, 0.1) is 10.6 Å². The van der Waals surface area contributed by atoms with E-state index in [4.69, 9.17) is 0 Å². The second-order valence-corrected chi connectivity index (χ2v) is 9.29. The lowest BCUT2D eigenvalue weighted by Crippen LogP contribution is -2.22. The number of fused-ring (bicyclic) bond motifs is 1. The molecule has 5 nitrogen and oxygen atoms in total. The number of rotatable bonds is 5. The predicted octanol–water partition coefficient (Wildman–Crippen LogP) is 5.80. The SMILES string of the molecule is Cc1ccc(-c2csc3ncnc(SC(C)C(=O)Nc4ccc(O)cc4)c23)cc1C. The first kappa shape index (κ1) is 20.4. The lowest BCUT2D eigenvalue weighted by Gasteiger charge is -2.13. The minimum Gasteiger partial charge on any atom is -0.508 e. The van der Waals surface area contributed by atoms with Crippen molar-refractivity contribution in [2.45, 2.75) is 31.0 Å². The summed E-state index contributed by atoms with van der Waals surface area (Å²) in [6.07, 6.45) is 1.55. The number of carbonyl (C=O) groups excluding carboxylic acids is 1. The number of aromatic hydroxyl groups is 1. The van der Waals surface area contributed by atoms with Gasteiger partial charge in [-0.3, -0.25) is 4.79 Å². The van der Waals surface area contributed by atoms with Crippen LogP contribution in [0, 0.1) is 13.8 Å². The Morgan fingerprint density at radius 1 is 1.10 bits per heavy atom. The van der Waals surface area contributed by atoms with E-state index in [1.807, 2.05) is 6.92 Å². The molecule has 1 atom stereocenters. The standard InChI is InChI=1S/C23H21N3O2S2/c1-13-4-5-16(10-14(13)2)19-11-29-22-20(19)23(25-12-24-22)30-15(3)21(28)26-17-6-8-18(27)9-7-17/h4-12,15,27H,1-3H3,(H,26,28). The summed E-state index contributed by atoms with van der Waals surface area (Å²) in [5, 5.41) is 15.8. The lowest BCUT2D eigenvalue weighted by atomic mass is 10.0. The van der Waals surface area contributed by atoms with Crippen molar-refractivity contribution in [1.29, 1.82) is 0 Å². The minimum absolute atomic E-state index is 0.125. The van der Waals surface area contributed by atoms with Gasteiger partial charge in [0.15, 0.2) is 0 Å². The number of nitrogens with one attached hydrogen (secondary N) is 1. The number of phenols is 1. The number of aryl methyl sites for hydroxylation is 2. The minimum atomic E-state index is -0.357. The van der Waals surface area contributed by atoms with Gasteiger partial charge in [0, 0.05) is 16.6 Å². The summed E-state index contributed by atoms with van der Waals surface area (Å²) >= 11 is 3.00. The highest BCUT2D eigenvalue weighted by atomic mass is 32.2. The number of nitrogens with zero attached hydrogens (tertiary/aromatic N) is 2. The van der Waals surface area contributed by atoms with Crippen molar-refractivity contribution < 1.29 is 9.90 Å². The van der Waals surface area contributed by atoms with Gasteiger partial charge in [0.2, 0.25) is 5.91 Å². The Hall–Kier alpha value is -2.90.